The number of carbonyl (C=O) groups is 2. The van der Waals surface area contributed by atoms with Crippen LogP contribution in [0.3, 0.4) is 0 Å². The van der Waals surface area contributed by atoms with Crippen molar-refractivity contribution in [1.29, 1.82) is 0 Å². The summed E-state index contributed by atoms with van der Waals surface area (Å²) >= 11 is 0. The van der Waals surface area contributed by atoms with Crippen molar-refractivity contribution in [2.24, 2.45) is 0 Å². The maximum atomic E-state index is 12.3. The summed E-state index contributed by atoms with van der Waals surface area (Å²) in [5.41, 5.74) is 0. The van der Waals surface area contributed by atoms with E-state index in [2.05, 4.69) is 13.8 Å². The molecule has 0 aliphatic rings. The number of unbranched alkanes of at least 4 members (excludes halogenated alkanes) is 21. The molecule has 0 N–H and O–H groups in total. The number of carbonyl (C=O) groups excluding carboxylic acids is 2. The van der Waals surface area contributed by atoms with Crippen molar-refractivity contribution in [3.63, 3.8) is 0 Å². The Morgan fingerprint density at radius 2 is 0.857 bits per heavy atom. The summed E-state index contributed by atoms with van der Waals surface area (Å²) in [4.78, 5) is 23.9. The number of Topliss-reactive ketones (excluding diaryl/α,β-unsaturated/α-hetero) is 1. The third kappa shape index (κ3) is 27.6. The molecule has 208 valence electrons. The van der Waals surface area contributed by atoms with E-state index in [0.717, 1.165) is 25.7 Å². The van der Waals surface area contributed by atoms with Gasteiger partial charge in [-0.1, -0.05) is 149 Å². The number of rotatable bonds is 28. The SMILES string of the molecule is CCCCCCCCCCCCCCCCC(=O)O[C@@H](CCCCCCCCCCC)CC(C)=O. The van der Waals surface area contributed by atoms with Crippen molar-refractivity contribution in [2.45, 2.75) is 194 Å². The first-order valence-corrected chi connectivity index (χ1v) is 15.8. The van der Waals surface area contributed by atoms with Gasteiger partial charge < -0.3 is 4.74 Å². The molecular weight excluding hydrogens is 432 g/mol. The maximum Gasteiger partial charge on any atom is 0.306 e. The summed E-state index contributed by atoms with van der Waals surface area (Å²) in [5, 5.41) is 0. The van der Waals surface area contributed by atoms with E-state index in [4.69, 9.17) is 4.74 Å². The van der Waals surface area contributed by atoms with Crippen LogP contribution in [0.15, 0.2) is 0 Å². The Morgan fingerprint density at radius 3 is 1.23 bits per heavy atom. The van der Waals surface area contributed by atoms with Crippen LogP contribution < -0.4 is 0 Å². The molecule has 0 amide bonds. The highest BCUT2D eigenvalue weighted by Gasteiger charge is 2.16. The van der Waals surface area contributed by atoms with Gasteiger partial charge in [0.15, 0.2) is 0 Å². The molecule has 0 fully saturated rings. The molecule has 0 spiro atoms. The number of ketones is 1. The van der Waals surface area contributed by atoms with Gasteiger partial charge in [-0.25, -0.2) is 0 Å². The first-order chi connectivity index (χ1) is 17.1. The zero-order valence-electron chi connectivity index (χ0n) is 24.2. The minimum atomic E-state index is -0.212. The molecule has 3 nitrogen and oxygen atoms in total. The van der Waals surface area contributed by atoms with Crippen molar-refractivity contribution in [3.05, 3.63) is 0 Å². The van der Waals surface area contributed by atoms with Gasteiger partial charge in [-0.15, -0.1) is 0 Å². The zero-order chi connectivity index (χ0) is 25.8. The molecule has 0 aliphatic heterocycles. The second-order valence-electron chi connectivity index (χ2n) is 11.0. The molecule has 0 radical (unpaired) electrons. The van der Waals surface area contributed by atoms with E-state index >= 15 is 0 Å². The fraction of sp³-hybridized carbons (Fsp3) is 0.938. The number of esters is 1. The average Bonchev–Trinajstić information content (AvgIpc) is 2.82. The molecule has 0 unspecified atom stereocenters. The Bertz CT molecular complexity index is 460. The first kappa shape index (κ1) is 34.1. The molecule has 3 heteroatoms. The van der Waals surface area contributed by atoms with E-state index in [1.54, 1.807) is 6.92 Å². The van der Waals surface area contributed by atoms with Crippen molar-refractivity contribution < 1.29 is 14.3 Å². The lowest BCUT2D eigenvalue weighted by molar-refractivity contribution is -0.150. The lowest BCUT2D eigenvalue weighted by Crippen LogP contribution is -2.20. The average molecular weight is 495 g/mol. The van der Waals surface area contributed by atoms with Crippen LogP contribution in [0.1, 0.15) is 188 Å². The first-order valence-electron chi connectivity index (χ1n) is 15.8. The highest BCUT2D eigenvalue weighted by Crippen LogP contribution is 2.17. The molecule has 0 aromatic heterocycles. The normalized spacial score (nSPS) is 12.1. The van der Waals surface area contributed by atoms with Crippen LogP contribution in [-0.4, -0.2) is 17.9 Å². The van der Waals surface area contributed by atoms with Gasteiger partial charge in [0, 0.05) is 12.8 Å². The van der Waals surface area contributed by atoms with E-state index in [1.165, 1.54) is 128 Å². The Labute approximate surface area is 219 Å². The van der Waals surface area contributed by atoms with Crippen LogP contribution in [0.4, 0.5) is 0 Å². The van der Waals surface area contributed by atoms with E-state index < -0.39 is 0 Å². The second kappa shape index (κ2) is 27.7. The minimum absolute atomic E-state index is 0.105. The summed E-state index contributed by atoms with van der Waals surface area (Å²) in [6.45, 7) is 6.13. The van der Waals surface area contributed by atoms with E-state index in [0.29, 0.717) is 12.8 Å². The third-order valence-corrected chi connectivity index (χ3v) is 7.18. The summed E-state index contributed by atoms with van der Waals surface area (Å²) < 4.78 is 5.69. The lowest BCUT2D eigenvalue weighted by Gasteiger charge is -2.17. The number of hydrogen-bond donors (Lipinski definition) is 0. The molecule has 0 bridgehead atoms. The molecule has 0 rings (SSSR count). The Hall–Kier alpha value is -0.860. The van der Waals surface area contributed by atoms with Crippen LogP contribution in [-0.2, 0) is 14.3 Å². The molecule has 0 aromatic rings. The smallest absolute Gasteiger partial charge is 0.306 e. The van der Waals surface area contributed by atoms with Crippen LogP contribution in [0.5, 0.6) is 0 Å². The standard InChI is InChI=1S/C32H62O3/c1-4-6-8-10-12-14-15-16-17-18-20-22-24-26-28-32(34)35-31(29-30(3)33)27-25-23-21-19-13-11-9-7-5-2/h31H,4-29H2,1-3H3/t31-/m0/s1. The van der Waals surface area contributed by atoms with Crippen molar-refractivity contribution in [1.82, 2.24) is 0 Å². The quantitative estimate of drug-likeness (QED) is 0.0802. The van der Waals surface area contributed by atoms with Crippen LogP contribution in [0, 0.1) is 0 Å². The molecule has 35 heavy (non-hydrogen) atoms. The summed E-state index contributed by atoms with van der Waals surface area (Å²) in [6, 6.07) is 0. The summed E-state index contributed by atoms with van der Waals surface area (Å²) in [5.74, 6) is 0.0151. The van der Waals surface area contributed by atoms with Gasteiger partial charge in [0.1, 0.15) is 11.9 Å². The van der Waals surface area contributed by atoms with Crippen molar-refractivity contribution >= 4 is 11.8 Å². The van der Waals surface area contributed by atoms with Gasteiger partial charge in [-0.2, -0.15) is 0 Å². The third-order valence-electron chi connectivity index (χ3n) is 7.18. The summed E-state index contributed by atoms with van der Waals surface area (Å²) in [6.07, 6.45) is 31.5. The monoisotopic (exact) mass is 494 g/mol. The second-order valence-corrected chi connectivity index (χ2v) is 11.0. The van der Waals surface area contributed by atoms with E-state index in [9.17, 15) is 9.59 Å². The Kier molecular flexibility index (Phi) is 27.0. The minimum Gasteiger partial charge on any atom is -0.462 e. The van der Waals surface area contributed by atoms with Gasteiger partial charge in [0.05, 0.1) is 0 Å². The fourth-order valence-corrected chi connectivity index (χ4v) is 4.91. The largest absolute Gasteiger partial charge is 0.462 e. The van der Waals surface area contributed by atoms with E-state index in [1.807, 2.05) is 0 Å². The Balaban J connectivity index is 3.64. The summed E-state index contributed by atoms with van der Waals surface area (Å²) in [7, 11) is 0. The van der Waals surface area contributed by atoms with Crippen molar-refractivity contribution in [2.75, 3.05) is 0 Å². The predicted molar refractivity (Wildman–Crippen MR) is 152 cm³/mol. The zero-order valence-corrected chi connectivity index (χ0v) is 24.2. The van der Waals surface area contributed by atoms with Crippen LogP contribution >= 0.6 is 0 Å². The molecule has 1 atom stereocenters. The topological polar surface area (TPSA) is 43.4 Å². The Morgan fingerprint density at radius 1 is 0.514 bits per heavy atom. The highest BCUT2D eigenvalue weighted by atomic mass is 16.5. The molecule has 0 aliphatic carbocycles. The fourth-order valence-electron chi connectivity index (χ4n) is 4.91. The van der Waals surface area contributed by atoms with Crippen LogP contribution in [0.2, 0.25) is 0 Å². The molecular formula is C32H62O3. The highest BCUT2D eigenvalue weighted by molar-refractivity contribution is 5.76. The van der Waals surface area contributed by atoms with Gasteiger partial charge in [-0.05, 0) is 26.2 Å². The number of hydrogen-bond acceptors (Lipinski definition) is 3. The van der Waals surface area contributed by atoms with Crippen LogP contribution in [0.25, 0.3) is 0 Å². The molecule has 0 aromatic carbocycles. The van der Waals surface area contributed by atoms with E-state index in [-0.39, 0.29) is 17.9 Å². The predicted octanol–water partition coefficient (Wildman–Crippen LogP) is 10.7. The van der Waals surface area contributed by atoms with Gasteiger partial charge >= 0.3 is 5.97 Å². The molecule has 0 saturated carbocycles. The lowest BCUT2D eigenvalue weighted by atomic mass is 10.0. The van der Waals surface area contributed by atoms with Crippen molar-refractivity contribution in [3.8, 4) is 0 Å². The molecule has 0 heterocycles. The van der Waals surface area contributed by atoms with Gasteiger partial charge in [0.25, 0.3) is 0 Å². The van der Waals surface area contributed by atoms with Gasteiger partial charge in [-0.3, -0.25) is 9.59 Å². The maximum absolute atomic E-state index is 12.3. The number of ether oxygens (including phenoxy) is 1. The van der Waals surface area contributed by atoms with Gasteiger partial charge in [0.2, 0.25) is 0 Å². The molecule has 0 saturated heterocycles.